The van der Waals surface area contributed by atoms with Gasteiger partial charge in [0.05, 0.1) is 24.4 Å². The van der Waals surface area contributed by atoms with Crippen molar-refractivity contribution < 1.29 is 9.53 Å². The smallest absolute Gasteiger partial charge is 0.263 e. The molecule has 1 amide bonds. The zero-order valence-electron chi connectivity index (χ0n) is 10.5. The molecule has 2 aromatic rings. The van der Waals surface area contributed by atoms with E-state index >= 15 is 0 Å². The maximum atomic E-state index is 11.4. The van der Waals surface area contributed by atoms with Crippen LogP contribution >= 0.6 is 0 Å². The molecule has 2 heterocycles. The van der Waals surface area contributed by atoms with Gasteiger partial charge < -0.3 is 4.74 Å². The van der Waals surface area contributed by atoms with Gasteiger partial charge in [0.15, 0.2) is 0 Å². The molecular formula is C13H16N4O2. The van der Waals surface area contributed by atoms with Crippen molar-refractivity contribution in [1.29, 1.82) is 0 Å². The third-order valence-corrected chi connectivity index (χ3v) is 3.47. The summed E-state index contributed by atoms with van der Waals surface area (Å²) < 4.78 is 7.60. The Balaban J connectivity index is 1.71. The maximum absolute atomic E-state index is 11.4. The maximum Gasteiger partial charge on any atom is 0.263 e. The van der Waals surface area contributed by atoms with E-state index in [9.17, 15) is 4.79 Å². The van der Waals surface area contributed by atoms with Crippen molar-refractivity contribution >= 4 is 16.8 Å². The van der Waals surface area contributed by atoms with E-state index in [4.69, 9.17) is 10.6 Å². The van der Waals surface area contributed by atoms with Gasteiger partial charge in [-0.2, -0.15) is 5.10 Å². The van der Waals surface area contributed by atoms with Crippen LogP contribution in [0.2, 0.25) is 0 Å². The van der Waals surface area contributed by atoms with Gasteiger partial charge >= 0.3 is 0 Å². The number of hydrogen-bond donors (Lipinski definition) is 2. The van der Waals surface area contributed by atoms with Crippen molar-refractivity contribution in [3.63, 3.8) is 0 Å². The lowest BCUT2D eigenvalue weighted by molar-refractivity contribution is -0.132. The number of benzene rings is 1. The summed E-state index contributed by atoms with van der Waals surface area (Å²) in [6.07, 6.45) is 2.95. The Hall–Kier alpha value is -1.92. The van der Waals surface area contributed by atoms with Gasteiger partial charge in [0.1, 0.15) is 6.10 Å². The quantitative estimate of drug-likeness (QED) is 0.480. The molecule has 3 N–H and O–H groups in total. The van der Waals surface area contributed by atoms with E-state index in [0.717, 1.165) is 17.3 Å². The van der Waals surface area contributed by atoms with Crippen LogP contribution in [-0.4, -0.2) is 27.9 Å². The number of nitrogens with two attached hydrogens (primary N) is 1. The number of ether oxygens (including phenoxy) is 1. The van der Waals surface area contributed by atoms with Gasteiger partial charge in [0, 0.05) is 5.39 Å². The summed E-state index contributed by atoms with van der Waals surface area (Å²) in [5.41, 5.74) is 3.21. The number of nitrogens with one attached hydrogen (secondary N) is 1. The fourth-order valence-corrected chi connectivity index (χ4v) is 2.49. The Kier molecular flexibility index (Phi) is 3.18. The SMILES string of the molecule is NNC(=O)C1CCC(Cn2ncc3ccccc32)O1. The normalized spacial score (nSPS) is 22.8. The first-order chi connectivity index (χ1) is 9.28. The average Bonchev–Trinajstić information content (AvgIpc) is 3.06. The van der Waals surface area contributed by atoms with E-state index in [-0.39, 0.29) is 12.0 Å². The standard InChI is InChI=1S/C13H16N4O2/c14-16-13(18)12-6-5-10(19-12)8-17-11-4-2-1-3-9(11)7-15-17/h1-4,7,10,12H,5-6,8,14H2,(H,16,18). The number of amides is 1. The summed E-state index contributed by atoms with van der Waals surface area (Å²) in [7, 11) is 0. The van der Waals surface area contributed by atoms with Gasteiger partial charge in [-0.1, -0.05) is 18.2 Å². The molecule has 1 aromatic carbocycles. The summed E-state index contributed by atoms with van der Waals surface area (Å²) in [5.74, 6) is 4.85. The molecule has 6 heteroatoms. The van der Waals surface area contributed by atoms with Gasteiger partial charge in [-0.3, -0.25) is 14.9 Å². The van der Waals surface area contributed by atoms with Crippen LogP contribution in [-0.2, 0) is 16.1 Å². The van der Waals surface area contributed by atoms with E-state index < -0.39 is 6.10 Å². The minimum absolute atomic E-state index is 0.00519. The molecule has 1 aromatic heterocycles. The van der Waals surface area contributed by atoms with Crippen molar-refractivity contribution in [1.82, 2.24) is 15.2 Å². The number of rotatable bonds is 3. The number of hydrogen-bond acceptors (Lipinski definition) is 4. The zero-order valence-corrected chi connectivity index (χ0v) is 10.5. The van der Waals surface area contributed by atoms with Crippen LogP contribution in [0, 0.1) is 0 Å². The molecule has 2 atom stereocenters. The lowest BCUT2D eigenvalue weighted by Crippen LogP contribution is -2.39. The summed E-state index contributed by atoms with van der Waals surface area (Å²) in [6, 6.07) is 8.03. The van der Waals surface area contributed by atoms with Gasteiger partial charge in [0.25, 0.3) is 5.91 Å². The van der Waals surface area contributed by atoms with Crippen molar-refractivity contribution in [2.45, 2.75) is 31.6 Å². The van der Waals surface area contributed by atoms with Crippen LogP contribution < -0.4 is 11.3 Å². The van der Waals surface area contributed by atoms with E-state index in [1.165, 1.54) is 0 Å². The summed E-state index contributed by atoms with van der Waals surface area (Å²) in [5, 5.41) is 5.47. The predicted octanol–water partition coefficient (Wildman–Crippen LogP) is 0.574. The fraction of sp³-hybridized carbons (Fsp3) is 0.385. The average molecular weight is 260 g/mol. The van der Waals surface area contributed by atoms with Crippen molar-refractivity contribution in [3.8, 4) is 0 Å². The van der Waals surface area contributed by atoms with Gasteiger partial charge in [0.2, 0.25) is 0 Å². The minimum atomic E-state index is -0.433. The Morgan fingerprint density at radius 1 is 1.47 bits per heavy atom. The lowest BCUT2D eigenvalue weighted by Gasteiger charge is -2.13. The largest absolute Gasteiger partial charge is 0.363 e. The highest BCUT2D eigenvalue weighted by Gasteiger charge is 2.30. The molecule has 6 nitrogen and oxygen atoms in total. The first-order valence-electron chi connectivity index (χ1n) is 6.34. The summed E-state index contributed by atoms with van der Waals surface area (Å²) in [4.78, 5) is 11.4. The van der Waals surface area contributed by atoms with Gasteiger partial charge in [-0.15, -0.1) is 0 Å². The molecule has 1 aliphatic heterocycles. The first kappa shape index (κ1) is 12.1. The minimum Gasteiger partial charge on any atom is -0.363 e. The molecular weight excluding hydrogens is 244 g/mol. The second-order valence-corrected chi connectivity index (χ2v) is 4.72. The molecule has 0 aliphatic carbocycles. The number of para-hydroxylation sites is 1. The Labute approximate surface area is 110 Å². The predicted molar refractivity (Wildman–Crippen MR) is 70.0 cm³/mol. The summed E-state index contributed by atoms with van der Waals surface area (Å²) in [6.45, 7) is 0.655. The lowest BCUT2D eigenvalue weighted by atomic mass is 10.2. The van der Waals surface area contributed by atoms with E-state index in [1.807, 2.05) is 35.1 Å². The molecule has 19 heavy (non-hydrogen) atoms. The van der Waals surface area contributed by atoms with Gasteiger partial charge in [-0.25, -0.2) is 5.84 Å². The Morgan fingerprint density at radius 2 is 2.32 bits per heavy atom. The van der Waals surface area contributed by atoms with Crippen molar-refractivity contribution in [2.24, 2.45) is 5.84 Å². The molecule has 3 rings (SSSR count). The van der Waals surface area contributed by atoms with E-state index in [2.05, 4.69) is 10.5 Å². The molecule has 1 aliphatic rings. The molecule has 2 unspecified atom stereocenters. The van der Waals surface area contributed by atoms with Crippen molar-refractivity contribution in [3.05, 3.63) is 30.5 Å². The first-order valence-corrected chi connectivity index (χ1v) is 6.34. The van der Waals surface area contributed by atoms with Crippen LogP contribution in [0.25, 0.3) is 10.9 Å². The topological polar surface area (TPSA) is 82.2 Å². The number of carbonyl (C=O) groups excluding carboxylic acids is 1. The van der Waals surface area contributed by atoms with Gasteiger partial charge in [-0.05, 0) is 18.9 Å². The molecule has 0 spiro atoms. The number of hydrazine groups is 1. The monoisotopic (exact) mass is 260 g/mol. The third kappa shape index (κ3) is 2.32. The molecule has 0 saturated carbocycles. The van der Waals surface area contributed by atoms with Crippen LogP contribution in [0.5, 0.6) is 0 Å². The molecule has 0 radical (unpaired) electrons. The molecule has 1 saturated heterocycles. The summed E-state index contributed by atoms with van der Waals surface area (Å²) >= 11 is 0. The van der Waals surface area contributed by atoms with Crippen LogP contribution in [0.15, 0.2) is 30.5 Å². The highest BCUT2D eigenvalue weighted by Crippen LogP contribution is 2.22. The highest BCUT2D eigenvalue weighted by atomic mass is 16.5. The van der Waals surface area contributed by atoms with Crippen LogP contribution in [0.4, 0.5) is 0 Å². The second kappa shape index (κ2) is 4.99. The molecule has 0 bridgehead atoms. The second-order valence-electron chi connectivity index (χ2n) is 4.72. The van der Waals surface area contributed by atoms with Crippen molar-refractivity contribution in [2.75, 3.05) is 0 Å². The Bertz CT molecular complexity index is 595. The number of fused-ring (bicyclic) bond motifs is 1. The number of nitrogens with zero attached hydrogens (tertiary/aromatic N) is 2. The molecule has 1 fully saturated rings. The number of carbonyl (C=O) groups is 1. The third-order valence-electron chi connectivity index (χ3n) is 3.47. The highest BCUT2D eigenvalue weighted by molar-refractivity contribution is 5.80. The van der Waals surface area contributed by atoms with E-state index in [0.29, 0.717) is 13.0 Å². The number of aromatic nitrogens is 2. The molecule has 100 valence electrons. The Morgan fingerprint density at radius 3 is 3.16 bits per heavy atom. The fourth-order valence-electron chi connectivity index (χ4n) is 2.49. The van der Waals surface area contributed by atoms with Crippen LogP contribution in [0.3, 0.4) is 0 Å². The van der Waals surface area contributed by atoms with Crippen LogP contribution in [0.1, 0.15) is 12.8 Å². The zero-order chi connectivity index (χ0) is 13.2. The van der Waals surface area contributed by atoms with E-state index in [1.54, 1.807) is 0 Å².